The van der Waals surface area contributed by atoms with Gasteiger partial charge in [0.2, 0.25) is 0 Å². The van der Waals surface area contributed by atoms with Gasteiger partial charge < -0.3 is 0 Å². The van der Waals surface area contributed by atoms with Gasteiger partial charge in [-0.25, -0.2) is 8.42 Å². The number of halogens is 3. The summed E-state index contributed by atoms with van der Waals surface area (Å²) in [5.74, 6) is 0. The van der Waals surface area contributed by atoms with E-state index in [1.807, 2.05) is 0 Å². The predicted molar refractivity (Wildman–Crippen MR) is 74.5 cm³/mol. The first kappa shape index (κ1) is 15.1. The van der Waals surface area contributed by atoms with Gasteiger partial charge in [-0.05, 0) is 42.5 Å². The Kier molecular flexibility index (Phi) is 3.33. The summed E-state index contributed by atoms with van der Waals surface area (Å²) in [7, 11) is -3.24. The van der Waals surface area contributed by atoms with Gasteiger partial charge >= 0.3 is 6.18 Å². The van der Waals surface area contributed by atoms with Gasteiger partial charge in [0.15, 0.2) is 9.84 Å². The van der Waals surface area contributed by atoms with Crippen molar-refractivity contribution >= 4 is 15.4 Å². The quantitative estimate of drug-likeness (QED) is 0.795. The van der Waals surface area contributed by atoms with Gasteiger partial charge in [0, 0.05) is 0 Å². The van der Waals surface area contributed by atoms with Gasteiger partial charge in [-0.2, -0.15) is 18.4 Å². The Bertz CT molecular complexity index is 803. The molecule has 22 heavy (non-hydrogen) atoms. The number of sulfone groups is 1. The highest BCUT2D eigenvalue weighted by Gasteiger charge is 2.44. The van der Waals surface area contributed by atoms with Crippen LogP contribution < -0.4 is 0 Å². The Balaban J connectivity index is 2.13. The lowest BCUT2D eigenvalue weighted by atomic mass is 9.94. The van der Waals surface area contributed by atoms with Gasteiger partial charge in [-0.1, -0.05) is 12.1 Å². The maximum absolute atomic E-state index is 13.2. The average Bonchev–Trinajstić information content (AvgIpc) is 2.66. The minimum absolute atomic E-state index is 0.0155. The zero-order chi connectivity index (χ0) is 16.1. The molecule has 0 N–H and O–H groups in total. The number of alkyl halides is 3. The van der Waals surface area contributed by atoms with Crippen molar-refractivity contribution in [3.05, 3.63) is 41.0 Å². The number of hydrogen-bond acceptors (Lipinski definition) is 3. The SMILES string of the molecule is N#Cc1ccc(C2=CC3CCC(C2)S3(=O)=O)c(C(F)(F)F)c1. The zero-order valence-electron chi connectivity index (χ0n) is 11.4. The molecule has 0 spiro atoms. The summed E-state index contributed by atoms with van der Waals surface area (Å²) in [6.45, 7) is 0. The number of allylic oxidation sites excluding steroid dienone is 1. The highest BCUT2D eigenvalue weighted by atomic mass is 32.2. The second kappa shape index (κ2) is 4.85. The molecule has 0 aliphatic carbocycles. The average molecular weight is 327 g/mol. The molecule has 2 aliphatic rings. The topological polar surface area (TPSA) is 57.9 Å². The number of hydrogen-bond donors (Lipinski definition) is 0. The van der Waals surface area contributed by atoms with Crippen LogP contribution in [0.15, 0.2) is 24.3 Å². The minimum atomic E-state index is -4.58. The van der Waals surface area contributed by atoms with Gasteiger partial charge in [-0.15, -0.1) is 0 Å². The summed E-state index contributed by atoms with van der Waals surface area (Å²) in [5.41, 5.74) is -0.544. The van der Waals surface area contributed by atoms with Crippen LogP contribution in [0, 0.1) is 11.3 Å². The molecule has 2 atom stereocenters. The van der Waals surface area contributed by atoms with Crippen LogP contribution >= 0.6 is 0 Å². The van der Waals surface area contributed by atoms with Crippen molar-refractivity contribution in [3.8, 4) is 6.07 Å². The van der Waals surface area contributed by atoms with E-state index in [4.69, 9.17) is 5.26 Å². The number of nitrogens with zero attached hydrogens (tertiary/aromatic N) is 1. The van der Waals surface area contributed by atoms with E-state index in [2.05, 4.69) is 0 Å². The van der Waals surface area contributed by atoms with Gasteiger partial charge in [0.05, 0.1) is 27.7 Å². The largest absolute Gasteiger partial charge is 0.417 e. The molecule has 0 saturated carbocycles. The third-order valence-electron chi connectivity index (χ3n) is 4.29. The molecule has 2 heterocycles. The summed E-state index contributed by atoms with van der Waals surface area (Å²) in [6, 6.07) is 5.12. The van der Waals surface area contributed by atoms with E-state index in [1.165, 1.54) is 18.2 Å². The molecule has 3 rings (SSSR count). The standard InChI is InChI=1S/C15H12F3NO2S/c16-15(17,18)14-5-9(8-19)1-4-13(14)10-6-11-2-3-12(7-10)22(11,20)21/h1,4-6,11-12H,2-3,7H2. The molecule has 1 aromatic rings. The van der Waals surface area contributed by atoms with Crippen LogP contribution in [-0.4, -0.2) is 18.9 Å². The fourth-order valence-electron chi connectivity index (χ4n) is 3.19. The number of benzene rings is 1. The molecule has 2 unspecified atom stereocenters. The molecule has 2 bridgehead atoms. The Labute approximate surface area is 126 Å². The van der Waals surface area contributed by atoms with Crippen molar-refractivity contribution in [2.24, 2.45) is 0 Å². The fourth-order valence-corrected chi connectivity index (χ4v) is 5.38. The summed E-state index contributed by atoms with van der Waals surface area (Å²) in [4.78, 5) is 0. The normalized spacial score (nSPS) is 26.4. The van der Waals surface area contributed by atoms with E-state index < -0.39 is 32.1 Å². The Morgan fingerprint density at radius 1 is 1.23 bits per heavy atom. The van der Waals surface area contributed by atoms with Crippen molar-refractivity contribution in [1.29, 1.82) is 5.26 Å². The van der Waals surface area contributed by atoms with Crippen LogP contribution in [0.25, 0.3) is 5.57 Å². The van der Waals surface area contributed by atoms with E-state index in [1.54, 1.807) is 6.07 Å². The van der Waals surface area contributed by atoms with Crippen LogP contribution in [0.2, 0.25) is 0 Å². The van der Waals surface area contributed by atoms with Gasteiger partial charge in [0.1, 0.15) is 0 Å². The zero-order valence-corrected chi connectivity index (χ0v) is 12.2. The van der Waals surface area contributed by atoms with Crippen molar-refractivity contribution in [3.63, 3.8) is 0 Å². The van der Waals surface area contributed by atoms with Crippen LogP contribution in [0.3, 0.4) is 0 Å². The third kappa shape index (κ3) is 2.31. The van der Waals surface area contributed by atoms with E-state index in [0.29, 0.717) is 18.4 Å². The summed E-state index contributed by atoms with van der Waals surface area (Å²) in [6.07, 6.45) is -2.07. The van der Waals surface area contributed by atoms with Crippen molar-refractivity contribution in [2.45, 2.75) is 35.9 Å². The molecule has 2 aliphatic heterocycles. The lowest BCUT2D eigenvalue weighted by Gasteiger charge is -2.23. The Morgan fingerprint density at radius 3 is 2.55 bits per heavy atom. The lowest BCUT2D eigenvalue weighted by Crippen LogP contribution is -2.26. The molecule has 3 nitrogen and oxygen atoms in total. The number of rotatable bonds is 1. The monoisotopic (exact) mass is 327 g/mol. The third-order valence-corrected chi connectivity index (χ3v) is 6.84. The first-order valence-corrected chi connectivity index (χ1v) is 8.39. The first-order chi connectivity index (χ1) is 10.2. The maximum Gasteiger partial charge on any atom is 0.417 e. The van der Waals surface area contributed by atoms with Gasteiger partial charge in [0.25, 0.3) is 0 Å². The Morgan fingerprint density at radius 2 is 1.95 bits per heavy atom. The molecule has 1 saturated heterocycles. The molecule has 1 fully saturated rings. The summed E-state index contributed by atoms with van der Waals surface area (Å²) in [5, 5.41) is 7.51. The van der Waals surface area contributed by atoms with Crippen molar-refractivity contribution in [1.82, 2.24) is 0 Å². The van der Waals surface area contributed by atoms with E-state index in [0.717, 1.165) is 6.07 Å². The smallest absolute Gasteiger partial charge is 0.228 e. The van der Waals surface area contributed by atoms with Crippen LogP contribution in [0.1, 0.15) is 36.0 Å². The second-order valence-corrected chi connectivity index (χ2v) is 8.04. The van der Waals surface area contributed by atoms with Crippen molar-refractivity contribution in [2.75, 3.05) is 0 Å². The molecule has 116 valence electrons. The summed E-state index contributed by atoms with van der Waals surface area (Å²) < 4.78 is 63.7. The van der Waals surface area contributed by atoms with E-state index >= 15 is 0 Å². The van der Waals surface area contributed by atoms with Gasteiger partial charge in [-0.3, -0.25) is 0 Å². The molecule has 0 aromatic heterocycles. The summed E-state index contributed by atoms with van der Waals surface area (Å²) >= 11 is 0. The highest BCUT2D eigenvalue weighted by molar-refractivity contribution is 7.93. The van der Waals surface area contributed by atoms with Crippen molar-refractivity contribution < 1.29 is 21.6 Å². The van der Waals surface area contributed by atoms with E-state index in [-0.39, 0.29) is 17.5 Å². The maximum atomic E-state index is 13.2. The van der Waals surface area contributed by atoms with Crippen LogP contribution in [0.5, 0.6) is 0 Å². The molecule has 0 amide bonds. The number of nitriles is 1. The lowest BCUT2D eigenvalue weighted by molar-refractivity contribution is -0.137. The first-order valence-electron chi connectivity index (χ1n) is 6.78. The molecular weight excluding hydrogens is 315 g/mol. The highest BCUT2D eigenvalue weighted by Crippen LogP contribution is 2.44. The predicted octanol–water partition coefficient (Wildman–Crippen LogP) is 3.31. The Hall–Kier alpha value is -1.81. The van der Waals surface area contributed by atoms with Crippen LogP contribution in [0.4, 0.5) is 13.2 Å². The molecular formula is C15H12F3NO2S. The molecule has 0 radical (unpaired) electrons. The minimum Gasteiger partial charge on any atom is -0.228 e. The molecule has 1 aromatic carbocycles. The fraction of sp³-hybridized carbons (Fsp3) is 0.400. The van der Waals surface area contributed by atoms with E-state index in [9.17, 15) is 21.6 Å². The molecule has 7 heteroatoms. The van der Waals surface area contributed by atoms with Crippen LogP contribution in [-0.2, 0) is 16.0 Å². The number of fused-ring (bicyclic) bond motifs is 2. The second-order valence-electron chi connectivity index (χ2n) is 5.59.